The summed E-state index contributed by atoms with van der Waals surface area (Å²) < 4.78 is 79.2. The topological polar surface area (TPSA) is 43.3 Å². The van der Waals surface area contributed by atoms with Crippen LogP contribution in [-0.2, 0) is 25.7 Å². The lowest BCUT2D eigenvalue weighted by Crippen LogP contribution is -2.29. The molecule has 1 N–H and O–H groups in total. The standard InChI is InChI=1S/C37H31F5N2O2S/c1-22-28(18-29-30(37(40,41)42)11-7-12-31(29)38)36-44(35(45)33(22)27-10-6-13-32(46-2)34(27)39)21-26(47-36)20-43-19-23-14-16-25(17-15-23)24-8-4-3-5-9-24/h3-17,26,43H,18-21H2,1-2H3. The van der Waals surface area contributed by atoms with Gasteiger partial charge in [0.1, 0.15) is 5.82 Å². The van der Waals surface area contributed by atoms with Gasteiger partial charge < -0.3 is 14.6 Å². The van der Waals surface area contributed by atoms with Crippen LogP contribution in [-0.4, -0.2) is 23.5 Å². The molecule has 1 aromatic heterocycles. The van der Waals surface area contributed by atoms with Crippen LogP contribution in [0.1, 0.15) is 27.8 Å². The first kappa shape index (κ1) is 32.5. The Morgan fingerprint density at radius 1 is 0.894 bits per heavy atom. The lowest BCUT2D eigenvalue weighted by Gasteiger charge is -2.20. The molecule has 5 aromatic rings. The number of alkyl halides is 3. The number of nitrogens with zero attached hydrogens (tertiary/aromatic N) is 1. The minimum atomic E-state index is -4.79. The number of nitrogens with one attached hydrogen (secondary N) is 1. The second-order valence-corrected chi connectivity index (χ2v) is 12.7. The van der Waals surface area contributed by atoms with E-state index in [4.69, 9.17) is 4.74 Å². The van der Waals surface area contributed by atoms with E-state index in [0.29, 0.717) is 29.2 Å². The van der Waals surface area contributed by atoms with Crippen molar-refractivity contribution >= 4 is 11.8 Å². The molecule has 1 atom stereocenters. The van der Waals surface area contributed by atoms with Crippen molar-refractivity contribution in [2.75, 3.05) is 13.7 Å². The summed E-state index contributed by atoms with van der Waals surface area (Å²) >= 11 is 1.36. The van der Waals surface area contributed by atoms with E-state index in [-0.39, 0.29) is 28.7 Å². The molecule has 1 aliphatic rings. The maximum absolute atomic E-state index is 15.5. The lowest BCUT2D eigenvalue weighted by atomic mass is 9.92. The zero-order valence-corrected chi connectivity index (χ0v) is 26.4. The molecule has 2 heterocycles. The van der Waals surface area contributed by atoms with Gasteiger partial charge in [-0.3, -0.25) is 4.79 Å². The second kappa shape index (κ2) is 13.4. The van der Waals surface area contributed by atoms with Gasteiger partial charge in [0.25, 0.3) is 5.56 Å². The number of hydrogen-bond donors (Lipinski definition) is 1. The molecule has 0 saturated carbocycles. The minimum absolute atomic E-state index is 0.0118. The van der Waals surface area contributed by atoms with Crippen LogP contribution in [0.4, 0.5) is 22.0 Å². The molecular formula is C37H31F5N2O2S. The fourth-order valence-electron chi connectivity index (χ4n) is 6.06. The molecule has 0 bridgehead atoms. The maximum Gasteiger partial charge on any atom is 0.416 e. The molecule has 0 fully saturated rings. The molecule has 47 heavy (non-hydrogen) atoms. The van der Waals surface area contributed by atoms with Gasteiger partial charge in [-0.1, -0.05) is 72.8 Å². The maximum atomic E-state index is 15.5. The van der Waals surface area contributed by atoms with Gasteiger partial charge in [-0.25, -0.2) is 8.78 Å². The van der Waals surface area contributed by atoms with E-state index in [9.17, 15) is 18.0 Å². The molecule has 10 heteroatoms. The largest absolute Gasteiger partial charge is 0.494 e. The van der Waals surface area contributed by atoms with Crippen LogP contribution in [0.5, 0.6) is 5.75 Å². The highest BCUT2D eigenvalue weighted by molar-refractivity contribution is 8.00. The van der Waals surface area contributed by atoms with Gasteiger partial charge in [0.15, 0.2) is 11.6 Å². The SMILES string of the molecule is COc1cccc(-c2c(C)c(Cc3c(F)cccc3C(F)(F)F)c3n(c2=O)CC(CNCc2ccc(-c4ccccc4)cc2)S3)c1F. The van der Waals surface area contributed by atoms with Crippen molar-refractivity contribution in [3.05, 3.63) is 141 Å². The third kappa shape index (κ3) is 6.57. The van der Waals surface area contributed by atoms with E-state index in [0.717, 1.165) is 34.9 Å². The Labute approximate surface area is 273 Å². The summed E-state index contributed by atoms with van der Waals surface area (Å²) in [7, 11) is 1.30. The highest BCUT2D eigenvalue weighted by atomic mass is 32.2. The van der Waals surface area contributed by atoms with Gasteiger partial charge >= 0.3 is 6.18 Å². The van der Waals surface area contributed by atoms with Gasteiger partial charge in [0, 0.05) is 42.4 Å². The number of benzene rings is 4. The van der Waals surface area contributed by atoms with Gasteiger partial charge in [-0.05, 0) is 52.9 Å². The first-order valence-electron chi connectivity index (χ1n) is 15.0. The molecule has 1 unspecified atom stereocenters. The van der Waals surface area contributed by atoms with Crippen LogP contribution >= 0.6 is 11.8 Å². The third-order valence-electron chi connectivity index (χ3n) is 8.45. The van der Waals surface area contributed by atoms with Crippen molar-refractivity contribution < 1.29 is 26.7 Å². The Balaban J connectivity index is 1.32. The van der Waals surface area contributed by atoms with Crippen LogP contribution in [0, 0.1) is 18.6 Å². The molecule has 4 aromatic carbocycles. The average Bonchev–Trinajstić information content (AvgIpc) is 3.49. The summed E-state index contributed by atoms with van der Waals surface area (Å²) in [6.07, 6.45) is -5.22. The Kier molecular flexibility index (Phi) is 9.25. The van der Waals surface area contributed by atoms with Gasteiger partial charge in [0.2, 0.25) is 0 Å². The fourth-order valence-corrected chi connectivity index (χ4v) is 7.45. The number of methoxy groups -OCH3 is 1. The third-order valence-corrected chi connectivity index (χ3v) is 9.79. The number of halogens is 5. The second-order valence-electron chi connectivity index (χ2n) is 11.4. The van der Waals surface area contributed by atoms with E-state index >= 15 is 8.78 Å². The van der Waals surface area contributed by atoms with Crippen LogP contribution in [0.15, 0.2) is 101 Å². The smallest absolute Gasteiger partial charge is 0.416 e. The summed E-state index contributed by atoms with van der Waals surface area (Å²) in [6.45, 7) is 2.87. The normalized spacial score (nSPS) is 14.3. The Morgan fingerprint density at radius 3 is 2.30 bits per heavy atom. The van der Waals surface area contributed by atoms with E-state index in [2.05, 4.69) is 17.4 Å². The monoisotopic (exact) mass is 662 g/mol. The fraction of sp³-hybridized carbons (Fsp3) is 0.216. The van der Waals surface area contributed by atoms with Crippen molar-refractivity contribution in [3.8, 4) is 28.0 Å². The van der Waals surface area contributed by atoms with Crippen molar-refractivity contribution in [2.45, 2.75) is 42.9 Å². The van der Waals surface area contributed by atoms with E-state index in [1.54, 1.807) is 13.0 Å². The summed E-state index contributed by atoms with van der Waals surface area (Å²) in [6, 6.07) is 25.5. The quantitative estimate of drug-likeness (QED) is 0.161. The number of pyridine rings is 1. The van der Waals surface area contributed by atoms with Gasteiger partial charge in [-0.2, -0.15) is 13.2 Å². The summed E-state index contributed by atoms with van der Waals surface area (Å²) in [4.78, 5) is 14.0. The number of fused-ring (bicyclic) bond motifs is 1. The first-order valence-corrected chi connectivity index (χ1v) is 15.9. The zero-order chi connectivity index (χ0) is 33.3. The Hall–Kier alpha value is -4.41. The molecular weight excluding hydrogens is 631 g/mol. The molecule has 0 saturated heterocycles. The molecule has 0 spiro atoms. The Morgan fingerprint density at radius 2 is 1.60 bits per heavy atom. The first-order chi connectivity index (χ1) is 22.6. The van der Waals surface area contributed by atoms with Crippen LogP contribution in [0.2, 0.25) is 0 Å². The highest BCUT2D eigenvalue weighted by Crippen LogP contribution is 2.41. The van der Waals surface area contributed by atoms with E-state index in [1.807, 2.05) is 42.5 Å². The molecule has 6 rings (SSSR count). The number of aromatic nitrogens is 1. The summed E-state index contributed by atoms with van der Waals surface area (Å²) in [5.41, 5.74) is 1.83. The van der Waals surface area contributed by atoms with Crippen LogP contribution in [0.3, 0.4) is 0 Å². The molecule has 242 valence electrons. The van der Waals surface area contributed by atoms with Crippen LogP contribution in [0.25, 0.3) is 22.3 Å². The van der Waals surface area contributed by atoms with Gasteiger partial charge in [-0.15, -0.1) is 11.8 Å². The number of ether oxygens (including phenoxy) is 1. The van der Waals surface area contributed by atoms with Gasteiger partial charge in [0.05, 0.1) is 23.3 Å². The highest BCUT2D eigenvalue weighted by Gasteiger charge is 2.36. The van der Waals surface area contributed by atoms with Crippen molar-refractivity contribution in [2.24, 2.45) is 0 Å². The molecule has 0 radical (unpaired) electrons. The zero-order valence-electron chi connectivity index (χ0n) is 25.6. The lowest BCUT2D eigenvalue weighted by molar-refractivity contribution is -0.138. The predicted molar refractivity (Wildman–Crippen MR) is 175 cm³/mol. The molecule has 1 aliphatic heterocycles. The number of rotatable bonds is 9. The molecule has 4 nitrogen and oxygen atoms in total. The number of thioether (sulfide) groups is 1. The average molecular weight is 663 g/mol. The summed E-state index contributed by atoms with van der Waals surface area (Å²) in [5, 5.41) is 3.73. The van der Waals surface area contributed by atoms with E-state index < -0.39 is 40.9 Å². The number of hydrogen-bond acceptors (Lipinski definition) is 4. The Bertz CT molecular complexity index is 1980. The molecule has 0 amide bonds. The van der Waals surface area contributed by atoms with Crippen molar-refractivity contribution in [1.82, 2.24) is 9.88 Å². The van der Waals surface area contributed by atoms with Crippen molar-refractivity contribution in [3.63, 3.8) is 0 Å². The van der Waals surface area contributed by atoms with Crippen molar-refractivity contribution in [1.29, 1.82) is 0 Å². The minimum Gasteiger partial charge on any atom is -0.494 e. The predicted octanol–water partition coefficient (Wildman–Crippen LogP) is 8.65. The summed E-state index contributed by atoms with van der Waals surface area (Å²) in [5.74, 6) is -1.83. The molecule has 0 aliphatic carbocycles. The van der Waals surface area contributed by atoms with E-state index in [1.165, 1.54) is 35.6 Å². The van der Waals surface area contributed by atoms with Crippen LogP contribution < -0.4 is 15.6 Å².